The average molecular weight is 359 g/mol. The molecule has 2 heterocycles. The summed E-state index contributed by atoms with van der Waals surface area (Å²) in [6.07, 6.45) is 7.82. The summed E-state index contributed by atoms with van der Waals surface area (Å²) >= 11 is 5.42. The molecule has 0 N–H and O–H groups in total. The Morgan fingerprint density at radius 2 is 1.84 bits per heavy atom. The zero-order valence-electron chi connectivity index (χ0n) is 14.0. The van der Waals surface area contributed by atoms with Crippen molar-refractivity contribution in [3.8, 4) is 23.0 Å². The molecule has 6 nitrogen and oxygen atoms in total. The average Bonchev–Trinajstić information content (AvgIpc) is 3.02. The maximum Gasteiger partial charge on any atom is 0.288 e. The molecule has 0 amide bonds. The van der Waals surface area contributed by atoms with Gasteiger partial charge in [-0.2, -0.15) is 0 Å². The molecule has 7 heteroatoms. The molecule has 0 spiro atoms. The first-order valence-corrected chi connectivity index (χ1v) is 9.42. The van der Waals surface area contributed by atoms with Gasteiger partial charge >= 0.3 is 0 Å². The molecule has 0 atom stereocenters. The largest absolute Gasteiger partial charge is 0.454 e. The Morgan fingerprint density at radius 1 is 1.08 bits per heavy atom. The molecule has 0 radical (unpaired) electrons. The molecule has 2 aromatic rings. The van der Waals surface area contributed by atoms with Crippen LogP contribution in [-0.4, -0.2) is 33.6 Å². The number of aromatic nitrogens is 2. The van der Waals surface area contributed by atoms with E-state index >= 15 is 0 Å². The van der Waals surface area contributed by atoms with E-state index in [9.17, 15) is 0 Å². The third-order valence-electron chi connectivity index (χ3n) is 5.33. The Morgan fingerprint density at radius 3 is 2.64 bits per heavy atom. The van der Waals surface area contributed by atoms with Crippen molar-refractivity contribution in [3.63, 3.8) is 0 Å². The van der Waals surface area contributed by atoms with Crippen LogP contribution in [0.25, 0.3) is 11.5 Å². The summed E-state index contributed by atoms with van der Waals surface area (Å²) in [4.78, 5) is 3.01. The van der Waals surface area contributed by atoms with Gasteiger partial charge in [0.15, 0.2) is 11.5 Å². The van der Waals surface area contributed by atoms with Crippen LogP contribution in [0.3, 0.4) is 0 Å². The van der Waals surface area contributed by atoms with E-state index in [1.54, 1.807) is 0 Å². The highest BCUT2D eigenvalue weighted by Crippen LogP contribution is 2.37. The molecule has 132 valence electrons. The third-order valence-corrected chi connectivity index (χ3v) is 5.63. The number of fused-ring (bicyclic) bond motifs is 1. The normalized spacial score (nSPS) is 19.9. The van der Waals surface area contributed by atoms with Crippen LogP contribution in [0.5, 0.6) is 11.5 Å². The topological polar surface area (TPSA) is 52.7 Å². The lowest BCUT2D eigenvalue weighted by Gasteiger charge is -2.28. The highest BCUT2D eigenvalue weighted by Gasteiger charge is 2.35. The van der Waals surface area contributed by atoms with E-state index in [2.05, 4.69) is 10.00 Å². The third kappa shape index (κ3) is 2.95. The quantitative estimate of drug-likeness (QED) is 0.753. The van der Waals surface area contributed by atoms with Crippen LogP contribution in [0.15, 0.2) is 22.6 Å². The van der Waals surface area contributed by atoms with Gasteiger partial charge in [-0.1, -0.05) is 12.8 Å². The molecule has 5 rings (SSSR count). The van der Waals surface area contributed by atoms with Crippen LogP contribution >= 0.6 is 12.2 Å². The second kappa shape index (κ2) is 6.14. The van der Waals surface area contributed by atoms with Crippen molar-refractivity contribution in [2.45, 2.75) is 57.3 Å². The van der Waals surface area contributed by atoms with Crippen molar-refractivity contribution in [2.75, 3.05) is 6.79 Å². The molecule has 2 aliphatic carbocycles. The number of nitrogens with zero attached hydrogens (tertiary/aromatic N) is 3. The van der Waals surface area contributed by atoms with E-state index in [4.69, 9.17) is 26.1 Å². The van der Waals surface area contributed by atoms with Crippen molar-refractivity contribution in [1.29, 1.82) is 0 Å². The van der Waals surface area contributed by atoms with Crippen LogP contribution in [0, 0.1) is 4.84 Å². The first kappa shape index (κ1) is 15.4. The SMILES string of the molecule is S=c1oc(-c2ccc3c(c2)OCO3)nn1CN(C1CCCC1)C1CC1. The molecule has 2 fully saturated rings. The zero-order chi connectivity index (χ0) is 16.8. The lowest BCUT2D eigenvalue weighted by atomic mass is 10.2. The number of hydrogen-bond donors (Lipinski definition) is 0. The van der Waals surface area contributed by atoms with Gasteiger partial charge in [-0.15, -0.1) is 5.10 Å². The molecule has 0 saturated heterocycles. The number of hydrogen-bond acceptors (Lipinski definition) is 6. The zero-order valence-corrected chi connectivity index (χ0v) is 14.8. The van der Waals surface area contributed by atoms with E-state index in [0.29, 0.717) is 22.8 Å². The number of rotatable bonds is 5. The van der Waals surface area contributed by atoms with Gasteiger partial charge in [0.25, 0.3) is 4.84 Å². The van der Waals surface area contributed by atoms with E-state index < -0.39 is 0 Å². The lowest BCUT2D eigenvalue weighted by molar-refractivity contribution is 0.133. The van der Waals surface area contributed by atoms with Crippen LogP contribution < -0.4 is 9.47 Å². The van der Waals surface area contributed by atoms with Crippen LogP contribution in [0.4, 0.5) is 0 Å². The molecule has 0 unspecified atom stereocenters. The second-order valence-corrected chi connectivity index (χ2v) is 7.42. The fourth-order valence-corrected chi connectivity index (χ4v) is 4.05. The molecule has 1 aromatic heterocycles. The smallest absolute Gasteiger partial charge is 0.288 e. The van der Waals surface area contributed by atoms with Crippen LogP contribution in [0.1, 0.15) is 38.5 Å². The lowest BCUT2D eigenvalue weighted by Crippen LogP contribution is -2.37. The minimum Gasteiger partial charge on any atom is -0.454 e. The number of benzene rings is 1. The summed E-state index contributed by atoms with van der Waals surface area (Å²) in [7, 11) is 0. The standard InChI is InChI=1S/C18H21N3O3S/c25-18-21(10-20(14-6-7-14)13-3-1-2-4-13)19-17(24-18)12-5-8-15-16(9-12)23-11-22-15/h5,8-9,13-14H,1-4,6-7,10-11H2. The summed E-state index contributed by atoms with van der Waals surface area (Å²) in [5.74, 6) is 2.01. The van der Waals surface area contributed by atoms with Gasteiger partial charge < -0.3 is 13.9 Å². The Balaban J connectivity index is 1.40. The maximum absolute atomic E-state index is 5.77. The van der Waals surface area contributed by atoms with Gasteiger partial charge in [0.1, 0.15) is 0 Å². The van der Waals surface area contributed by atoms with Gasteiger partial charge in [-0.25, -0.2) is 4.68 Å². The van der Waals surface area contributed by atoms with Crippen molar-refractivity contribution < 1.29 is 13.9 Å². The van der Waals surface area contributed by atoms with Gasteiger partial charge in [0, 0.05) is 17.6 Å². The summed E-state index contributed by atoms with van der Waals surface area (Å²) < 4.78 is 18.4. The van der Waals surface area contributed by atoms with E-state index in [-0.39, 0.29) is 6.79 Å². The van der Waals surface area contributed by atoms with Gasteiger partial charge in [-0.05, 0) is 56.1 Å². The van der Waals surface area contributed by atoms with Crippen LogP contribution in [0.2, 0.25) is 0 Å². The Bertz CT molecular complexity index is 836. The molecular weight excluding hydrogens is 338 g/mol. The Hall–Kier alpha value is -1.86. The van der Waals surface area contributed by atoms with Crippen molar-refractivity contribution in [2.24, 2.45) is 0 Å². The first-order chi connectivity index (χ1) is 12.3. The molecule has 2 saturated carbocycles. The molecule has 0 bridgehead atoms. The maximum atomic E-state index is 5.77. The van der Waals surface area contributed by atoms with Crippen molar-refractivity contribution in [1.82, 2.24) is 14.7 Å². The predicted molar refractivity (Wildman–Crippen MR) is 94.0 cm³/mol. The van der Waals surface area contributed by atoms with Gasteiger partial charge in [0.05, 0.1) is 6.67 Å². The van der Waals surface area contributed by atoms with E-state index in [1.165, 1.54) is 38.5 Å². The molecule has 1 aliphatic heterocycles. The molecular formula is C18H21N3O3S. The van der Waals surface area contributed by atoms with Crippen molar-refractivity contribution >= 4 is 12.2 Å². The number of ether oxygens (including phenoxy) is 2. The monoisotopic (exact) mass is 359 g/mol. The summed E-state index contributed by atoms with van der Waals surface area (Å²) in [5.41, 5.74) is 0.855. The fraction of sp³-hybridized carbons (Fsp3) is 0.556. The minimum absolute atomic E-state index is 0.258. The molecule has 3 aliphatic rings. The minimum atomic E-state index is 0.258. The fourth-order valence-electron chi connectivity index (χ4n) is 3.87. The highest BCUT2D eigenvalue weighted by molar-refractivity contribution is 7.71. The summed E-state index contributed by atoms with van der Waals surface area (Å²) in [5, 5.41) is 4.63. The summed E-state index contributed by atoms with van der Waals surface area (Å²) in [6.45, 7) is 0.983. The van der Waals surface area contributed by atoms with Gasteiger partial charge in [0.2, 0.25) is 12.7 Å². The first-order valence-electron chi connectivity index (χ1n) is 9.02. The molecule has 1 aromatic carbocycles. The highest BCUT2D eigenvalue weighted by atomic mass is 32.1. The molecule has 25 heavy (non-hydrogen) atoms. The van der Waals surface area contributed by atoms with Crippen LogP contribution in [-0.2, 0) is 6.67 Å². The Labute approximate surface area is 151 Å². The second-order valence-electron chi connectivity index (χ2n) is 7.07. The van der Waals surface area contributed by atoms with E-state index in [1.807, 2.05) is 22.9 Å². The van der Waals surface area contributed by atoms with Crippen molar-refractivity contribution in [3.05, 3.63) is 23.0 Å². The van der Waals surface area contributed by atoms with E-state index in [0.717, 1.165) is 23.7 Å². The van der Waals surface area contributed by atoms with Gasteiger partial charge in [-0.3, -0.25) is 4.90 Å². The predicted octanol–water partition coefficient (Wildman–Crippen LogP) is 3.97. The Kier molecular flexibility index (Phi) is 3.78. The summed E-state index contributed by atoms with van der Waals surface area (Å²) in [6, 6.07) is 7.05.